The highest BCUT2D eigenvalue weighted by atomic mass is 19.1. The molecule has 118 valence electrons. The molecule has 2 aromatic rings. The summed E-state index contributed by atoms with van der Waals surface area (Å²) in [6.45, 7) is 1.33. The number of benzene rings is 2. The summed E-state index contributed by atoms with van der Waals surface area (Å²) in [6.07, 6.45) is 2.68. The van der Waals surface area contributed by atoms with Gasteiger partial charge in [0.15, 0.2) is 0 Å². The molecule has 0 unspecified atom stereocenters. The first-order valence-corrected chi connectivity index (χ1v) is 6.76. The highest BCUT2D eigenvalue weighted by Gasteiger charge is 2.07. The van der Waals surface area contributed by atoms with E-state index in [-0.39, 0.29) is 17.4 Å². The zero-order valence-corrected chi connectivity index (χ0v) is 12.3. The number of hydrogen-bond acceptors (Lipinski definition) is 2. The van der Waals surface area contributed by atoms with Gasteiger partial charge in [-0.2, -0.15) is 0 Å². The highest BCUT2D eigenvalue weighted by molar-refractivity contribution is 6.02. The van der Waals surface area contributed by atoms with Crippen molar-refractivity contribution in [3.8, 4) is 0 Å². The summed E-state index contributed by atoms with van der Waals surface area (Å²) in [6, 6.07) is 9.42. The van der Waals surface area contributed by atoms with Crippen LogP contribution in [0, 0.1) is 11.6 Å². The third-order valence-corrected chi connectivity index (χ3v) is 2.84. The number of hydrogen-bond donors (Lipinski definition) is 2. The van der Waals surface area contributed by atoms with Crippen LogP contribution in [0.4, 0.5) is 20.2 Å². The van der Waals surface area contributed by atoms with Gasteiger partial charge in [0.25, 0.3) is 0 Å². The van der Waals surface area contributed by atoms with Crippen LogP contribution in [-0.2, 0) is 9.59 Å². The Morgan fingerprint density at radius 2 is 1.70 bits per heavy atom. The lowest BCUT2D eigenvalue weighted by Crippen LogP contribution is -2.11. The van der Waals surface area contributed by atoms with E-state index < -0.39 is 11.7 Å². The maximum Gasteiger partial charge on any atom is 0.248 e. The molecule has 0 fully saturated rings. The van der Waals surface area contributed by atoms with Crippen LogP contribution in [0.5, 0.6) is 0 Å². The molecule has 0 saturated heterocycles. The summed E-state index contributed by atoms with van der Waals surface area (Å²) in [5.74, 6) is -1.84. The third kappa shape index (κ3) is 5.03. The lowest BCUT2D eigenvalue weighted by atomic mass is 10.2. The number of carbonyl (C=O) groups is 2. The predicted molar refractivity (Wildman–Crippen MR) is 84.8 cm³/mol. The molecule has 4 nitrogen and oxygen atoms in total. The minimum atomic E-state index is -0.623. The topological polar surface area (TPSA) is 58.2 Å². The lowest BCUT2D eigenvalue weighted by molar-refractivity contribution is -0.114. The smallest absolute Gasteiger partial charge is 0.248 e. The molecule has 2 N–H and O–H groups in total. The van der Waals surface area contributed by atoms with Gasteiger partial charge < -0.3 is 10.6 Å². The first-order chi connectivity index (χ1) is 10.9. The molecular formula is C17H14F2N2O2. The molecule has 2 aromatic carbocycles. The minimum absolute atomic E-state index is 0.0509. The second-order valence-corrected chi connectivity index (χ2v) is 4.75. The van der Waals surface area contributed by atoms with Crippen LogP contribution in [0.3, 0.4) is 0 Å². The van der Waals surface area contributed by atoms with Gasteiger partial charge in [-0.25, -0.2) is 8.78 Å². The number of rotatable bonds is 4. The van der Waals surface area contributed by atoms with Crippen molar-refractivity contribution in [2.24, 2.45) is 0 Å². The van der Waals surface area contributed by atoms with Crippen LogP contribution in [0.2, 0.25) is 0 Å². The molecule has 0 spiro atoms. The van der Waals surface area contributed by atoms with Gasteiger partial charge in [0.2, 0.25) is 11.8 Å². The molecular weight excluding hydrogens is 302 g/mol. The maximum absolute atomic E-state index is 13.7. The molecule has 0 aliphatic rings. The van der Waals surface area contributed by atoms with Gasteiger partial charge in [0.1, 0.15) is 11.6 Å². The summed E-state index contributed by atoms with van der Waals surface area (Å²) >= 11 is 0. The lowest BCUT2D eigenvalue weighted by Gasteiger charge is -2.07. The molecule has 2 amide bonds. The van der Waals surface area contributed by atoms with Crippen molar-refractivity contribution in [2.75, 3.05) is 10.6 Å². The zero-order chi connectivity index (χ0) is 16.8. The molecule has 0 radical (unpaired) electrons. The summed E-state index contributed by atoms with van der Waals surface area (Å²) in [4.78, 5) is 22.8. The Labute approximate surface area is 131 Å². The summed E-state index contributed by atoms with van der Waals surface area (Å²) in [5.41, 5.74) is 0.954. The molecule has 0 saturated carbocycles. The van der Waals surface area contributed by atoms with Crippen LogP contribution in [0.25, 0.3) is 6.08 Å². The number of amides is 2. The molecule has 2 rings (SSSR count). The second kappa shape index (κ2) is 7.31. The van der Waals surface area contributed by atoms with Gasteiger partial charge in [0, 0.05) is 18.7 Å². The largest absolute Gasteiger partial charge is 0.326 e. The van der Waals surface area contributed by atoms with Crippen molar-refractivity contribution >= 4 is 29.3 Å². The second-order valence-electron chi connectivity index (χ2n) is 4.75. The predicted octanol–water partition coefficient (Wildman–Crippen LogP) is 3.58. The van der Waals surface area contributed by atoms with Crippen LogP contribution in [0.15, 0.2) is 48.5 Å². The first-order valence-electron chi connectivity index (χ1n) is 6.76. The molecule has 0 aliphatic heterocycles. The van der Waals surface area contributed by atoms with Crippen LogP contribution in [-0.4, -0.2) is 11.8 Å². The fourth-order valence-corrected chi connectivity index (χ4v) is 1.82. The first kappa shape index (κ1) is 16.4. The van der Waals surface area contributed by atoms with Gasteiger partial charge in [-0.15, -0.1) is 0 Å². The minimum Gasteiger partial charge on any atom is -0.326 e. The molecule has 0 atom stereocenters. The standard InChI is InChI=1S/C17H14F2N2O2/c1-11(22)20-14-7-8-15(19)16(10-14)21-17(23)9-4-12-2-5-13(18)6-3-12/h2-10H,1H3,(H,20,22)(H,21,23)/b9-4+. The Hall–Kier alpha value is -3.02. The summed E-state index contributed by atoms with van der Waals surface area (Å²) < 4.78 is 26.5. The molecule has 23 heavy (non-hydrogen) atoms. The van der Waals surface area contributed by atoms with Crippen LogP contribution < -0.4 is 10.6 Å². The summed E-state index contributed by atoms with van der Waals surface area (Å²) in [5, 5.41) is 4.88. The third-order valence-electron chi connectivity index (χ3n) is 2.84. The average molecular weight is 316 g/mol. The van der Waals surface area contributed by atoms with Crippen molar-refractivity contribution in [3.63, 3.8) is 0 Å². The van der Waals surface area contributed by atoms with Gasteiger partial charge in [-0.05, 0) is 42.0 Å². The fourth-order valence-electron chi connectivity index (χ4n) is 1.82. The Kier molecular flexibility index (Phi) is 5.19. The van der Waals surface area contributed by atoms with Gasteiger partial charge >= 0.3 is 0 Å². The highest BCUT2D eigenvalue weighted by Crippen LogP contribution is 2.19. The van der Waals surface area contributed by atoms with E-state index in [0.29, 0.717) is 11.3 Å². The Morgan fingerprint density at radius 3 is 2.35 bits per heavy atom. The molecule has 0 heterocycles. The molecule has 6 heteroatoms. The van der Waals surface area contributed by atoms with Crippen LogP contribution in [0.1, 0.15) is 12.5 Å². The monoisotopic (exact) mass is 316 g/mol. The summed E-state index contributed by atoms with van der Waals surface area (Å²) in [7, 11) is 0. The van der Waals surface area contributed by atoms with Crippen LogP contribution >= 0.6 is 0 Å². The van der Waals surface area contributed by atoms with E-state index >= 15 is 0 Å². The Balaban J connectivity index is 2.07. The van der Waals surface area contributed by atoms with E-state index in [1.807, 2.05) is 0 Å². The number of halogens is 2. The van der Waals surface area contributed by atoms with E-state index in [9.17, 15) is 18.4 Å². The van der Waals surface area contributed by atoms with Crippen molar-refractivity contribution in [2.45, 2.75) is 6.92 Å². The van der Waals surface area contributed by atoms with Gasteiger partial charge in [0.05, 0.1) is 5.69 Å². The fraction of sp³-hybridized carbons (Fsp3) is 0.0588. The van der Waals surface area contributed by atoms with Crippen molar-refractivity contribution < 1.29 is 18.4 Å². The normalized spacial score (nSPS) is 10.6. The molecule has 0 aromatic heterocycles. The molecule has 0 bridgehead atoms. The zero-order valence-electron chi connectivity index (χ0n) is 12.3. The van der Waals surface area contributed by atoms with Gasteiger partial charge in [-0.3, -0.25) is 9.59 Å². The quantitative estimate of drug-likeness (QED) is 0.847. The SMILES string of the molecule is CC(=O)Nc1ccc(F)c(NC(=O)/C=C/c2ccc(F)cc2)c1. The van der Waals surface area contributed by atoms with E-state index in [0.717, 1.165) is 6.07 Å². The van der Waals surface area contributed by atoms with Crippen molar-refractivity contribution in [1.29, 1.82) is 0 Å². The van der Waals surface area contributed by atoms with Gasteiger partial charge in [-0.1, -0.05) is 12.1 Å². The van der Waals surface area contributed by atoms with E-state index in [1.165, 1.54) is 55.5 Å². The van der Waals surface area contributed by atoms with Crippen molar-refractivity contribution in [3.05, 3.63) is 65.7 Å². The van der Waals surface area contributed by atoms with E-state index in [1.54, 1.807) is 0 Å². The Morgan fingerprint density at radius 1 is 1.00 bits per heavy atom. The number of carbonyl (C=O) groups excluding carboxylic acids is 2. The number of nitrogens with one attached hydrogen (secondary N) is 2. The van der Waals surface area contributed by atoms with E-state index in [2.05, 4.69) is 10.6 Å². The Bertz CT molecular complexity index is 756. The average Bonchev–Trinajstić information content (AvgIpc) is 2.49. The maximum atomic E-state index is 13.7. The number of anilines is 2. The van der Waals surface area contributed by atoms with E-state index in [4.69, 9.17) is 0 Å². The molecule has 0 aliphatic carbocycles. The van der Waals surface area contributed by atoms with Crippen molar-refractivity contribution in [1.82, 2.24) is 0 Å².